The number of Topliss-reactive ketones (excluding diaryl/α,β-unsaturated/α-hetero) is 1. The number of nitrogens with zero attached hydrogens (tertiary/aromatic N) is 1. The van der Waals surface area contributed by atoms with Gasteiger partial charge in [0.1, 0.15) is 17.4 Å². The van der Waals surface area contributed by atoms with Gasteiger partial charge in [-0.05, 0) is 76.6 Å². The molecule has 0 spiro atoms. The number of carbonyl (C=O) groups excluding carboxylic acids is 7. The highest BCUT2D eigenvalue weighted by molar-refractivity contribution is 6.38. The van der Waals surface area contributed by atoms with Gasteiger partial charge in [-0.1, -0.05) is 94.3 Å². The number of ether oxygens (including phenoxy) is 3. The zero-order valence-corrected chi connectivity index (χ0v) is 37.6. The lowest BCUT2D eigenvalue weighted by molar-refractivity contribution is -0.158. The molecule has 342 valence electrons. The fourth-order valence-corrected chi connectivity index (χ4v) is 7.02. The second-order valence-corrected chi connectivity index (χ2v) is 16.8. The van der Waals surface area contributed by atoms with Crippen LogP contribution in [0.4, 0.5) is 0 Å². The monoisotopic (exact) mass is 864 g/mol. The summed E-state index contributed by atoms with van der Waals surface area (Å²) >= 11 is 0. The lowest BCUT2D eigenvalue weighted by Gasteiger charge is -2.35. The number of amides is 5. The lowest BCUT2D eigenvalue weighted by atomic mass is 9.99. The number of piperidine rings is 1. The number of nitrogens with one attached hydrogen (secondary N) is 4. The minimum absolute atomic E-state index is 0.0186. The topological polar surface area (TPSA) is 199 Å². The quantitative estimate of drug-likeness (QED) is 0.103. The van der Waals surface area contributed by atoms with E-state index in [4.69, 9.17) is 14.2 Å². The van der Waals surface area contributed by atoms with E-state index < -0.39 is 65.7 Å². The second-order valence-electron chi connectivity index (χ2n) is 16.8. The molecule has 2 fully saturated rings. The molecule has 4 atom stereocenters. The normalized spacial score (nSPS) is 16.5. The number of hydrogen-bond acceptors (Lipinski definition) is 10. The third-order valence-electron chi connectivity index (χ3n) is 10.4. The van der Waals surface area contributed by atoms with Gasteiger partial charge in [-0.3, -0.25) is 28.8 Å². The van der Waals surface area contributed by atoms with E-state index in [1.165, 1.54) is 43.4 Å². The molecule has 4 rings (SSSR count). The molecule has 0 bridgehead atoms. The maximum Gasteiger partial charge on any atom is 0.333 e. The number of rotatable bonds is 20. The molecule has 0 radical (unpaired) electrons. The van der Waals surface area contributed by atoms with Crippen molar-refractivity contribution in [1.29, 1.82) is 0 Å². The van der Waals surface area contributed by atoms with E-state index in [0.29, 0.717) is 55.6 Å². The molecule has 4 unspecified atom stereocenters. The molecule has 15 heteroatoms. The van der Waals surface area contributed by atoms with E-state index in [1.807, 2.05) is 6.92 Å². The third-order valence-corrected chi connectivity index (χ3v) is 10.4. The summed E-state index contributed by atoms with van der Waals surface area (Å²) in [6, 6.07) is 12.3. The molecule has 2 aromatic carbocycles. The van der Waals surface area contributed by atoms with Gasteiger partial charge in [0.05, 0.1) is 38.3 Å². The van der Waals surface area contributed by atoms with Crippen LogP contribution in [-0.2, 0) is 49.5 Å². The SMILES string of the molecule is C1CCCCC1.CCCC(NC(=O)C1CCCCN1C(=O)CNC(=O)Cc1cccc(OCCC(C)OC)c1)C(=O)C(=O)NCC(=O)NC(C(=O)OC(C)(C)C)c1ccccc1. The Kier molecular flexibility index (Phi) is 22.1. The Balaban J connectivity index is 0.00000156. The molecule has 1 heterocycles. The molecule has 62 heavy (non-hydrogen) atoms. The van der Waals surface area contributed by atoms with E-state index in [2.05, 4.69) is 21.3 Å². The van der Waals surface area contributed by atoms with Gasteiger partial charge < -0.3 is 40.4 Å². The van der Waals surface area contributed by atoms with E-state index in [-0.39, 0.29) is 37.9 Å². The minimum atomic E-state index is -1.21. The van der Waals surface area contributed by atoms with Crippen molar-refractivity contribution in [2.24, 2.45) is 0 Å². The summed E-state index contributed by atoms with van der Waals surface area (Å²) in [5, 5.41) is 10.1. The molecule has 1 aliphatic heterocycles. The average Bonchev–Trinajstić information content (AvgIpc) is 3.26. The first-order valence-electron chi connectivity index (χ1n) is 22.1. The first kappa shape index (κ1) is 51.0. The van der Waals surface area contributed by atoms with E-state index in [1.54, 1.807) is 89.4 Å². The maximum absolute atomic E-state index is 13.5. The number of hydrogen-bond donors (Lipinski definition) is 4. The van der Waals surface area contributed by atoms with Crippen LogP contribution in [0.5, 0.6) is 5.75 Å². The Bertz CT molecular complexity index is 1750. The largest absolute Gasteiger partial charge is 0.493 e. The van der Waals surface area contributed by atoms with Crippen molar-refractivity contribution in [1.82, 2.24) is 26.2 Å². The van der Waals surface area contributed by atoms with E-state index >= 15 is 0 Å². The van der Waals surface area contributed by atoms with Crippen LogP contribution >= 0.6 is 0 Å². The van der Waals surface area contributed by atoms with Gasteiger partial charge in [0, 0.05) is 20.1 Å². The molecule has 15 nitrogen and oxygen atoms in total. The summed E-state index contributed by atoms with van der Waals surface area (Å²) in [5.74, 6) is -4.30. The fraction of sp³-hybridized carbons (Fsp3) is 0.596. The van der Waals surface area contributed by atoms with E-state index in [9.17, 15) is 33.6 Å². The fourth-order valence-electron chi connectivity index (χ4n) is 7.02. The van der Waals surface area contributed by atoms with Crippen LogP contribution in [0.1, 0.15) is 129 Å². The highest BCUT2D eigenvalue weighted by Gasteiger charge is 2.35. The third kappa shape index (κ3) is 18.8. The van der Waals surface area contributed by atoms with E-state index in [0.717, 1.165) is 0 Å². The van der Waals surface area contributed by atoms with Crippen molar-refractivity contribution in [2.45, 2.75) is 148 Å². The summed E-state index contributed by atoms with van der Waals surface area (Å²) < 4.78 is 16.5. The van der Waals surface area contributed by atoms with Crippen molar-refractivity contribution in [3.63, 3.8) is 0 Å². The van der Waals surface area contributed by atoms with Gasteiger partial charge in [0.15, 0.2) is 6.04 Å². The first-order valence-corrected chi connectivity index (χ1v) is 22.1. The van der Waals surface area contributed by atoms with Crippen molar-refractivity contribution in [3.05, 3.63) is 65.7 Å². The number of esters is 1. The standard InChI is InChI=1S/C41H57N5O10.C6H12/c1-7-14-31(37(50)39(52)43-25-34(48)45-36(29-16-9-8-10-17-29)40(53)56-41(3,4)5)44-38(51)32-19-11-12-21-46(32)35(49)26-42-33(47)24-28-15-13-18-30(23-28)55-22-20-27(2)54-6;1-2-4-6-5-3-1/h8-10,13,15-18,23,27,31-32,36H,7,11-12,14,19-22,24-26H2,1-6H3,(H,42,47)(H,43,52)(H,44,51)(H,45,48);1-6H2. The molecule has 1 aliphatic carbocycles. The highest BCUT2D eigenvalue weighted by Crippen LogP contribution is 2.21. The number of benzene rings is 2. The number of carbonyl (C=O) groups is 7. The summed E-state index contributed by atoms with van der Waals surface area (Å²) in [7, 11) is 1.64. The molecule has 2 aromatic rings. The van der Waals surface area contributed by atoms with Crippen LogP contribution in [-0.4, -0.2) is 103 Å². The minimum Gasteiger partial charge on any atom is -0.493 e. The summed E-state index contributed by atoms with van der Waals surface area (Å²) in [6.45, 7) is 8.61. The van der Waals surface area contributed by atoms with Gasteiger partial charge in [-0.15, -0.1) is 0 Å². The van der Waals surface area contributed by atoms with Crippen molar-refractivity contribution in [3.8, 4) is 5.75 Å². The zero-order chi connectivity index (χ0) is 45.5. The van der Waals surface area contributed by atoms with Crippen LogP contribution in [0.25, 0.3) is 0 Å². The molecule has 2 aliphatic rings. The summed E-state index contributed by atoms with van der Waals surface area (Å²) in [4.78, 5) is 93.0. The van der Waals surface area contributed by atoms with Crippen molar-refractivity contribution in [2.75, 3.05) is 33.4 Å². The predicted molar refractivity (Wildman–Crippen MR) is 235 cm³/mol. The number of likely N-dealkylation sites (tertiary alicyclic amines) is 1. The Labute approximate surface area is 367 Å². The summed E-state index contributed by atoms with van der Waals surface area (Å²) in [5.41, 5.74) is 0.354. The van der Waals surface area contributed by atoms with Crippen LogP contribution in [0, 0.1) is 0 Å². The molecular weight excluding hydrogens is 795 g/mol. The summed E-state index contributed by atoms with van der Waals surface area (Å²) in [6.07, 6.45) is 12.0. The predicted octanol–water partition coefficient (Wildman–Crippen LogP) is 5.04. The highest BCUT2D eigenvalue weighted by atomic mass is 16.6. The molecule has 1 saturated heterocycles. The molecule has 5 amide bonds. The Morgan fingerprint density at radius 2 is 1.47 bits per heavy atom. The van der Waals surface area contributed by atoms with Crippen LogP contribution in [0.3, 0.4) is 0 Å². The molecular formula is C47H69N5O10. The lowest BCUT2D eigenvalue weighted by Crippen LogP contribution is -2.57. The first-order chi connectivity index (χ1) is 29.6. The van der Waals surface area contributed by atoms with Crippen molar-refractivity contribution < 1.29 is 47.8 Å². The molecule has 0 aromatic heterocycles. The van der Waals surface area contributed by atoms with Crippen LogP contribution < -0.4 is 26.0 Å². The molecule has 1 saturated carbocycles. The Hall–Kier alpha value is -5.31. The Morgan fingerprint density at radius 1 is 0.790 bits per heavy atom. The maximum atomic E-state index is 13.5. The Morgan fingerprint density at radius 3 is 2.10 bits per heavy atom. The smallest absolute Gasteiger partial charge is 0.333 e. The zero-order valence-electron chi connectivity index (χ0n) is 37.6. The van der Waals surface area contributed by atoms with Gasteiger partial charge in [-0.25, -0.2) is 4.79 Å². The number of methoxy groups -OCH3 is 1. The average molecular weight is 864 g/mol. The van der Waals surface area contributed by atoms with Crippen LogP contribution in [0.15, 0.2) is 54.6 Å². The number of ketones is 1. The van der Waals surface area contributed by atoms with Gasteiger partial charge in [0.2, 0.25) is 29.4 Å². The van der Waals surface area contributed by atoms with Gasteiger partial charge in [-0.2, -0.15) is 0 Å². The van der Waals surface area contributed by atoms with Gasteiger partial charge in [0.25, 0.3) is 5.91 Å². The second kappa shape index (κ2) is 26.9. The van der Waals surface area contributed by atoms with Gasteiger partial charge >= 0.3 is 5.97 Å². The van der Waals surface area contributed by atoms with Crippen molar-refractivity contribution >= 4 is 41.3 Å². The molecule has 4 N–H and O–H groups in total. The van der Waals surface area contributed by atoms with Crippen LogP contribution in [0.2, 0.25) is 0 Å².